The van der Waals surface area contributed by atoms with Crippen molar-refractivity contribution in [2.45, 2.75) is 46.7 Å². The number of nitrogens with one attached hydrogen (secondary N) is 2. The Balaban J connectivity index is 1.59. The first-order chi connectivity index (χ1) is 16.3. The number of hydrogen-bond acceptors (Lipinski definition) is 8. The molecule has 4 rings (SSSR count). The van der Waals surface area contributed by atoms with Gasteiger partial charge in [0, 0.05) is 38.3 Å². The van der Waals surface area contributed by atoms with Crippen LogP contribution >= 0.6 is 0 Å². The molecule has 1 aliphatic heterocycles. The van der Waals surface area contributed by atoms with Crippen LogP contribution in [0, 0.1) is 6.92 Å². The maximum absolute atomic E-state index is 12.0. The van der Waals surface area contributed by atoms with Crippen molar-refractivity contribution >= 4 is 29.0 Å². The lowest BCUT2D eigenvalue weighted by Crippen LogP contribution is -2.50. The number of fused-ring (bicyclic) bond motifs is 1. The van der Waals surface area contributed by atoms with Crippen molar-refractivity contribution in [2.24, 2.45) is 0 Å². The Labute approximate surface area is 200 Å². The van der Waals surface area contributed by atoms with Gasteiger partial charge in [-0.3, -0.25) is 5.43 Å². The minimum absolute atomic E-state index is 0.188. The number of hydrazine groups is 1. The number of ether oxygens (including phenoxy) is 1. The molecule has 10 heteroatoms. The molecule has 3 aromatic rings. The Morgan fingerprint density at radius 1 is 1.06 bits per heavy atom. The van der Waals surface area contributed by atoms with E-state index in [0.717, 1.165) is 22.6 Å². The zero-order chi connectivity index (χ0) is 24.3. The van der Waals surface area contributed by atoms with E-state index in [1.54, 1.807) is 4.90 Å². The molecule has 0 aliphatic carbocycles. The standard InChI is InChI=1S/C24H34N8O2/c1-6-34-23(33)30-12-14-31(15-13-30)29-22-27-20(25-16-18-10-8-7-9-11-18)19-21(28-22)32(17(2)26-19)24(3,4)5/h7-11H,6,12-16H2,1-5H3,(H2,25,27,28,29). The molecule has 0 radical (unpaired) electrons. The van der Waals surface area contributed by atoms with Gasteiger partial charge < -0.3 is 19.5 Å². The molecule has 3 heterocycles. The van der Waals surface area contributed by atoms with Crippen LogP contribution in [0.2, 0.25) is 0 Å². The lowest BCUT2D eigenvalue weighted by atomic mass is 10.1. The Morgan fingerprint density at radius 2 is 1.76 bits per heavy atom. The molecular formula is C24H34N8O2. The average molecular weight is 467 g/mol. The highest BCUT2D eigenvalue weighted by molar-refractivity contribution is 5.85. The van der Waals surface area contributed by atoms with Crippen molar-refractivity contribution < 1.29 is 9.53 Å². The number of aromatic nitrogens is 4. The van der Waals surface area contributed by atoms with Gasteiger partial charge >= 0.3 is 6.09 Å². The van der Waals surface area contributed by atoms with Crippen LogP contribution in [-0.2, 0) is 16.8 Å². The Morgan fingerprint density at radius 3 is 2.41 bits per heavy atom. The summed E-state index contributed by atoms with van der Waals surface area (Å²) in [4.78, 5) is 28.1. The summed E-state index contributed by atoms with van der Waals surface area (Å²) in [7, 11) is 0. The molecule has 1 fully saturated rings. The lowest BCUT2D eigenvalue weighted by molar-refractivity contribution is 0.0851. The molecule has 0 bridgehead atoms. The van der Waals surface area contributed by atoms with E-state index in [0.29, 0.717) is 51.1 Å². The number of carbonyl (C=O) groups excluding carboxylic acids is 1. The smallest absolute Gasteiger partial charge is 0.409 e. The van der Waals surface area contributed by atoms with Crippen LogP contribution in [0.25, 0.3) is 11.2 Å². The second-order valence-electron chi connectivity index (χ2n) is 9.36. The molecule has 1 saturated heterocycles. The fourth-order valence-electron chi connectivity index (χ4n) is 4.18. The van der Waals surface area contributed by atoms with Crippen molar-refractivity contribution in [1.29, 1.82) is 0 Å². The van der Waals surface area contributed by atoms with Crippen LogP contribution in [0.5, 0.6) is 0 Å². The zero-order valence-electron chi connectivity index (χ0n) is 20.6. The monoisotopic (exact) mass is 466 g/mol. The number of carbonyl (C=O) groups is 1. The number of anilines is 2. The molecule has 10 nitrogen and oxygen atoms in total. The molecule has 0 spiro atoms. The van der Waals surface area contributed by atoms with Gasteiger partial charge in [-0.2, -0.15) is 9.97 Å². The van der Waals surface area contributed by atoms with Crippen LogP contribution in [0.1, 0.15) is 39.1 Å². The van der Waals surface area contributed by atoms with Gasteiger partial charge in [-0.1, -0.05) is 30.3 Å². The van der Waals surface area contributed by atoms with Crippen molar-refractivity contribution in [3.8, 4) is 0 Å². The molecule has 1 aliphatic rings. The molecule has 0 saturated carbocycles. The lowest BCUT2D eigenvalue weighted by Gasteiger charge is -2.34. The minimum Gasteiger partial charge on any atom is -0.450 e. The quantitative estimate of drug-likeness (QED) is 0.568. The predicted molar refractivity (Wildman–Crippen MR) is 133 cm³/mol. The molecule has 0 atom stereocenters. The summed E-state index contributed by atoms with van der Waals surface area (Å²) < 4.78 is 7.26. The number of imidazole rings is 1. The van der Waals surface area contributed by atoms with Crippen molar-refractivity contribution in [3.05, 3.63) is 41.7 Å². The third-order valence-electron chi connectivity index (χ3n) is 5.71. The Kier molecular flexibility index (Phi) is 6.87. The first-order valence-corrected chi connectivity index (χ1v) is 11.7. The highest BCUT2D eigenvalue weighted by atomic mass is 16.6. The molecule has 2 aromatic heterocycles. The van der Waals surface area contributed by atoms with Gasteiger partial charge in [0.25, 0.3) is 0 Å². The van der Waals surface area contributed by atoms with Crippen molar-refractivity contribution in [3.63, 3.8) is 0 Å². The summed E-state index contributed by atoms with van der Waals surface area (Å²) in [6, 6.07) is 10.2. The topological polar surface area (TPSA) is 100 Å². The molecule has 1 amide bonds. The van der Waals surface area contributed by atoms with E-state index in [4.69, 9.17) is 19.7 Å². The Bertz CT molecular complexity index is 1130. The summed E-state index contributed by atoms with van der Waals surface area (Å²) in [5, 5.41) is 5.49. The summed E-state index contributed by atoms with van der Waals surface area (Å²) in [6.45, 7) is 13.7. The number of piperazine rings is 1. The SMILES string of the molecule is CCOC(=O)N1CCN(Nc2nc(NCc3ccccc3)c3nc(C)n(C(C)(C)C)c3n2)CC1. The van der Waals surface area contributed by atoms with E-state index in [2.05, 4.69) is 48.2 Å². The van der Waals surface area contributed by atoms with E-state index in [9.17, 15) is 4.79 Å². The average Bonchev–Trinajstić information content (AvgIpc) is 3.15. The van der Waals surface area contributed by atoms with Gasteiger partial charge in [0.1, 0.15) is 5.82 Å². The highest BCUT2D eigenvalue weighted by Gasteiger charge is 2.25. The van der Waals surface area contributed by atoms with Crippen LogP contribution in [0.3, 0.4) is 0 Å². The second kappa shape index (κ2) is 9.84. The number of hydrogen-bond donors (Lipinski definition) is 2. The molecule has 2 N–H and O–H groups in total. The maximum atomic E-state index is 12.0. The normalized spacial score (nSPS) is 14.9. The van der Waals surface area contributed by atoms with Crippen LogP contribution in [-0.4, -0.2) is 68.3 Å². The van der Waals surface area contributed by atoms with E-state index >= 15 is 0 Å². The molecule has 0 unspecified atom stereocenters. The fourth-order valence-corrected chi connectivity index (χ4v) is 4.18. The van der Waals surface area contributed by atoms with Crippen molar-refractivity contribution in [1.82, 2.24) is 29.4 Å². The van der Waals surface area contributed by atoms with E-state index in [1.807, 2.05) is 37.1 Å². The first kappa shape index (κ1) is 23.7. The second-order valence-corrected chi connectivity index (χ2v) is 9.36. The van der Waals surface area contributed by atoms with Gasteiger partial charge in [0.15, 0.2) is 17.0 Å². The molecular weight excluding hydrogens is 432 g/mol. The fraction of sp³-hybridized carbons (Fsp3) is 0.500. The Hall–Kier alpha value is -3.40. The third kappa shape index (κ3) is 5.22. The van der Waals surface area contributed by atoms with Gasteiger partial charge in [0.05, 0.1) is 6.61 Å². The molecule has 1 aromatic carbocycles. The maximum Gasteiger partial charge on any atom is 0.409 e. The van der Waals surface area contributed by atoms with Gasteiger partial charge in [0.2, 0.25) is 5.95 Å². The summed E-state index contributed by atoms with van der Waals surface area (Å²) >= 11 is 0. The summed E-state index contributed by atoms with van der Waals surface area (Å²) in [5.41, 5.74) is 5.84. The number of amides is 1. The number of nitrogens with zero attached hydrogens (tertiary/aromatic N) is 6. The highest BCUT2D eigenvalue weighted by Crippen LogP contribution is 2.28. The summed E-state index contributed by atoms with van der Waals surface area (Å²) in [6.07, 6.45) is -0.267. The van der Waals surface area contributed by atoms with Gasteiger partial charge in [-0.15, -0.1) is 0 Å². The summed E-state index contributed by atoms with van der Waals surface area (Å²) in [5.74, 6) is 2.07. The van der Waals surface area contributed by atoms with Crippen LogP contribution in [0.15, 0.2) is 30.3 Å². The van der Waals surface area contributed by atoms with E-state index in [1.165, 1.54) is 0 Å². The zero-order valence-corrected chi connectivity index (χ0v) is 20.6. The molecule has 34 heavy (non-hydrogen) atoms. The van der Waals surface area contributed by atoms with Gasteiger partial charge in [-0.05, 0) is 40.2 Å². The first-order valence-electron chi connectivity index (χ1n) is 11.7. The predicted octanol–water partition coefficient (Wildman–Crippen LogP) is 3.60. The third-order valence-corrected chi connectivity index (χ3v) is 5.71. The minimum atomic E-state index is -0.267. The number of aryl methyl sites for hydroxylation is 1. The van der Waals surface area contributed by atoms with Crippen LogP contribution in [0.4, 0.5) is 16.6 Å². The van der Waals surface area contributed by atoms with Crippen LogP contribution < -0.4 is 10.7 Å². The van der Waals surface area contributed by atoms with E-state index < -0.39 is 0 Å². The van der Waals surface area contributed by atoms with E-state index in [-0.39, 0.29) is 11.6 Å². The number of benzene rings is 1. The van der Waals surface area contributed by atoms with Crippen molar-refractivity contribution in [2.75, 3.05) is 43.5 Å². The molecule has 182 valence electrons. The largest absolute Gasteiger partial charge is 0.450 e. The van der Waals surface area contributed by atoms with Gasteiger partial charge in [-0.25, -0.2) is 14.8 Å². The number of rotatable bonds is 6.